The van der Waals surface area contributed by atoms with E-state index in [0.29, 0.717) is 22.5 Å². The number of halogens is 8. The lowest BCUT2D eigenvalue weighted by Crippen LogP contribution is -2.59. The van der Waals surface area contributed by atoms with E-state index < -0.39 is 91.7 Å². The molecule has 0 bridgehead atoms. The predicted octanol–water partition coefficient (Wildman–Crippen LogP) is 4.53. The zero-order valence-electron chi connectivity index (χ0n) is 31.8. The number of aromatic nitrogens is 5. The number of hydrogen-bond donors (Lipinski definition) is 1. The maximum absolute atomic E-state index is 15.4. The lowest BCUT2D eigenvalue weighted by Gasteiger charge is -2.49. The molecule has 4 atom stereocenters. The van der Waals surface area contributed by atoms with Gasteiger partial charge in [-0.15, -0.1) is 23.2 Å². The van der Waals surface area contributed by atoms with Crippen molar-refractivity contribution in [1.82, 2.24) is 23.5 Å². The van der Waals surface area contributed by atoms with E-state index in [0.717, 1.165) is 13.9 Å². The lowest BCUT2D eigenvalue weighted by molar-refractivity contribution is -0.122. The smallest absolute Gasteiger partial charge is 0.347 e. The van der Waals surface area contributed by atoms with Crippen LogP contribution < -0.4 is 36.0 Å². The van der Waals surface area contributed by atoms with Crippen LogP contribution in [0.1, 0.15) is 29.6 Å². The summed E-state index contributed by atoms with van der Waals surface area (Å²) in [6.07, 6.45) is 0.364. The van der Waals surface area contributed by atoms with Gasteiger partial charge in [-0.1, -0.05) is 6.08 Å². The summed E-state index contributed by atoms with van der Waals surface area (Å²) in [7, 11) is 5.54. The Balaban J connectivity index is 1.27. The first kappa shape index (κ1) is 42.3. The van der Waals surface area contributed by atoms with Crippen molar-refractivity contribution in [3.8, 4) is 23.0 Å². The first-order valence-corrected chi connectivity index (χ1v) is 19.7. The third-order valence-corrected chi connectivity index (χ3v) is 13.6. The second-order valence-corrected chi connectivity index (χ2v) is 16.7. The summed E-state index contributed by atoms with van der Waals surface area (Å²) in [4.78, 5) is 69.4. The molecule has 5 aromatic rings. The molecule has 1 aliphatic carbocycles. The van der Waals surface area contributed by atoms with Crippen LogP contribution in [0.25, 0.3) is 11.0 Å². The maximum Gasteiger partial charge on any atom is 0.347 e. The monoisotopic (exact) mass is 1000 g/mol. The number of imide groups is 1. The normalized spacial score (nSPS) is 22.0. The molecule has 2 amide bonds. The number of alkyl halides is 2. The van der Waals surface area contributed by atoms with Crippen molar-refractivity contribution in [2.45, 2.75) is 47.6 Å². The number of carbonyl (C=O) groups is 2. The van der Waals surface area contributed by atoms with Crippen molar-refractivity contribution >= 4 is 74.3 Å². The summed E-state index contributed by atoms with van der Waals surface area (Å²) in [6.45, 7) is -0.736. The van der Waals surface area contributed by atoms with Crippen molar-refractivity contribution in [3.63, 3.8) is 0 Å². The fraction of sp³-hybridized carbons (Fsp3) is 0.316. The van der Waals surface area contributed by atoms with E-state index >= 15 is 8.78 Å². The van der Waals surface area contributed by atoms with Crippen LogP contribution >= 0.6 is 45.8 Å². The number of methoxy groups -OCH3 is 3. The zero-order valence-corrected chi connectivity index (χ0v) is 35.5. The zero-order chi connectivity index (χ0) is 44.4. The minimum Gasteiger partial charge on any atom is -0.504 e. The lowest BCUT2D eigenvalue weighted by atomic mass is 9.64. The van der Waals surface area contributed by atoms with Crippen LogP contribution in [0.15, 0.2) is 50.3 Å². The van der Waals surface area contributed by atoms with Crippen LogP contribution in [0.2, 0.25) is 0 Å². The first-order valence-electron chi connectivity index (χ1n) is 17.9. The van der Waals surface area contributed by atoms with Crippen LogP contribution in [0.4, 0.5) is 27.6 Å². The van der Waals surface area contributed by atoms with Gasteiger partial charge < -0.3 is 23.9 Å². The third kappa shape index (κ3) is 5.71. The van der Waals surface area contributed by atoms with Crippen LogP contribution in [0.3, 0.4) is 0 Å². The molecular formula is C38H28Cl2F5IN6O9. The van der Waals surface area contributed by atoms with E-state index in [4.69, 9.17) is 37.4 Å². The van der Waals surface area contributed by atoms with Crippen LogP contribution in [0, 0.1) is 32.7 Å². The van der Waals surface area contributed by atoms with E-state index in [2.05, 4.69) is 4.98 Å². The molecule has 4 unspecified atom stereocenters. The Morgan fingerprint density at radius 1 is 0.852 bits per heavy atom. The summed E-state index contributed by atoms with van der Waals surface area (Å²) in [5, 5.41) is 10.7. The Morgan fingerprint density at radius 2 is 1.46 bits per heavy atom. The van der Waals surface area contributed by atoms with Crippen LogP contribution in [-0.4, -0.2) is 71.5 Å². The minimum atomic E-state index is -2.82. The number of hydrogen-bond acceptors (Lipinski definition) is 10. The second kappa shape index (κ2) is 14.6. The number of rotatable bonds is 8. The average Bonchev–Trinajstić information content (AvgIpc) is 3.57. The fourth-order valence-corrected chi connectivity index (χ4v) is 9.99. The topological polar surface area (TPSA) is 169 Å². The van der Waals surface area contributed by atoms with Gasteiger partial charge in [0.25, 0.3) is 17.4 Å². The first-order chi connectivity index (χ1) is 28.8. The quantitative estimate of drug-likeness (QED) is 0.0444. The van der Waals surface area contributed by atoms with Gasteiger partial charge in [-0.3, -0.25) is 14.4 Å². The SMILES string of the molecule is COc1cc2nc(CCn3c(=O)n4n(c3=O)C3CC5(Cl)C(=O)N(c6c(F)c(F)c(F)c(F)c6F)C(=O)C5(Cl)C(c5cc(I)c(O)c(OC)c5)C3=CC4)c(=O)n(C)c2cc1OC. The number of fused-ring (bicyclic) bond motifs is 5. The van der Waals surface area contributed by atoms with Gasteiger partial charge in [0.1, 0.15) is 11.4 Å². The van der Waals surface area contributed by atoms with Gasteiger partial charge in [0.15, 0.2) is 56.0 Å². The van der Waals surface area contributed by atoms with Gasteiger partial charge in [0.2, 0.25) is 5.82 Å². The number of carbonyl (C=O) groups excluding carboxylic acids is 2. The molecule has 15 nitrogen and oxygen atoms in total. The number of aryl methyl sites for hydroxylation is 2. The summed E-state index contributed by atoms with van der Waals surface area (Å²) in [5.41, 5.74) is -3.51. The summed E-state index contributed by atoms with van der Waals surface area (Å²) >= 11 is 16.1. The van der Waals surface area contributed by atoms with E-state index in [1.54, 1.807) is 34.7 Å². The molecule has 8 rings (SSSR count). The Bertz CT molecular complexity index is 3000. The van der Waals surface area contributed by atoms with Crippen LogP contribution in [0.5, 0.6) is 23.0 Å². The highest BCUT2D eigenvalue weighted by Gasteiger charge is 2.76. The Morgan fingerprint density at radius 3 is 2.08 bits per heavy atom. The molecule has 1 saturated carbocycles. The van der Waals surface area contributed by atoms with Gasteiger partial charge in [-0.2, -0.15) is 0 Å². The molecule has 2 aliphatic heterocycles. The Hall–Kier alpha value is -5.42. The summed E-state index contributed by atoms with van der Waals surface area (Å²) in [6, 6.07) is 4.24. The van der Waals surface area contributed by atoms with E-state index in [1.165, 1.54) is 51.2 Å². The van der Waals surface area contributed by atoms with Gasteiger partial charge >= 0.3 is 11.4 Å². The number of nitrogens with zero attached hydrogens (tertiary/aromatic N) is 6. The van der Waals surface area contributed by atoms with Crippen molar-refractivity contribution in [1.29, 1.82) is 0 Å². The number of ether oxygens (including phenoxy) is 3. The highest BCUT2D eigenvalue weighted by atomic mass is 127. The number of amides is 2. The van der Waals surface area contributed by atoms with E-state index in [1.807, 2.05) is 0 Å². The molecule has 4 heterocycles. The van der Waals surface area contributed by atoms with Crippen molar-refractivity contribution in [2.24, 2.45) is 7.05 Å². The molecule has 320 valence electrons. The molecule has 0 radical (unpaired) electrons. The second-order valence-electron chi connectivity index (χ2n) is 14.3. The molecule has 2 aromatic heterocycles. The number of anilines is 1. The van der Waals surface area contributed by atoms with Gasteiger partial charge in [0, 0.05) is 44.5 Å². The summed E-state index contributed by atoms with van der Waals surface area (Å²) < 4.78 is 94.3. The number of phenols is 1. The van der Waals surface area contributed by atoms with Crippen LogP contribution in [-0.2, 0) is 36.1 Å². The molecule has 61 heavy (non-hydrogen) atoms. The van der Waals surface area contributed by atoms with Gasteiger partial charge in [-0.05, 0) is 45.9 Å². The molecule has 23 heteroatoms. The Labute approximate surface area is 362 Å². The molecule has 2 fully saturated rings. The van der Waals surface area contributed by atoms with E-state index in [9.17, 15) is 42.3 Å². The molecule has 3 aromatic carbocycles. The Kier molecular flexibility index (Phi) is 10.1. The molecule has 3 aliphatic rings. The molecule has 1 N–H and O–H groups in total. The molecule has 0 spiro atoms. The van der Waals surface area contributed by atoms with Crippen molar-refractivity contribution in [3.05, 3.63) is 111 Å². The average molecular weight is 1010 g/mol. The fourth-order valence-electron chi connectivity index (χ4n) is 8.45. The standard InChI is InChI=1S/C38H28Cl2F5IN6O9/c1-48-19-12-22(60-3)21(59-2)11-18(19)47-17(32(48)54)6-7-49-35(57)50-8-5-15-20(52(50)36(49)58)13-37(39)33(55)51(30-28(44)26(42)25(41)27(43)29(30)45)34(56)38(37,40)24(15)14-9-16(46)31(53)23(10-14)61-4/h5,9-12,20,24,53H,6-8,13H2,1-4H3. The van der Waals surface area contributed by atoms with E-state index in [-0.39, 0.29) is 56.3 Å². The van der Waals surface area contributed by atoms with Gasteiger partial charge in [0.05, 0.1) is 48.5 Å². The highest BCUT2D eigenvalue weighted by Crippen LogP contribution is 2.64. The summed E-state index contributed by atoms with van der Waals surface area (Å²) in [5.74, 6) is -17.4. The number of phenolic OH excluding ortho intramolecular Hbond substituents is 1. The number of allylic oxidation sites excluding steroid dienone is 2. The maximum atomic E-state index is 15.4. The van der Waals surface area contributed by atoms with Crippen molar-refractivity contribution in [2.75, 3.05) is 26.2 Å². The number of benzene rings is 3. The third-order valence-electron chi connectivity index (χ3n) is 11.4. The number of aromatic hydroxyl groups is 1. The van der Waals surface area contributed by atoms with Gasteiger partial charge in [-0.25, -0.2) is 55.4 Å². The molecule has 1 saturated heterocycles. The largest absolute Gasteiger partial charge is 0.504 e. The van der Waals surface area contributed by atoms with Crippen molar-refractivity contribution < 1.29 is 50.9 Å². The minimum absolute atomic E-state index is 0.00573. The molecular weight excluding hydrogens is 977 g/mol. The predicted molar refractivity (Wildman–Crippen MR) is 214 cm³/mol. The highest BCUT2D eigenvalue weighted by molar-refractivity contribution is 14.1.